The first kappa shape index (κ1) is 29.1. The van der Waals surface area contributed by atoms with Gasteiger partial charge >= 0.3 is 0 Å². The lowest BCUT2D eigenvalue weighted by atomic mass is 9.99. The van der Waals surface area contributed by atoms with Crippen molar-refractivity contribution in [2.24, 2.45) is 0 Å². The second-order valence-electron chi connectivity index (χ2n) is 13.0. The smallest absolute Gasteiger partial charge is 0.136 e. The molecule has 240 valence electrons. The van der Waals surface area contributed by atoms with Gasteiger partial charge in [0.15, 0.2) is 0 Å². The highest BCUT2D eigenvalue weighted by Gasteiger charge is 2.20. The molecule has 10 aromatic rings. The van der Waals surface area contributed by atoms with Gasteiger partial charge in [0, 0.05) is 44.2 Å². The quantitative estimate of drug-likeness (QED) is 0.178. The largest absolute Gasteiger partial charge is 0.456 e. The van der Waals surface area contributed by atoms with Crippen LogP contribution >= 0.6 is 0 Å². The zero-order chi connectivity index (χ0) is 33.7. The van der Waals surface area contributed by atoms with Crippen molar-refractivity contribution in [2.75, 3.05) is 4.90 Å². The molecule has 0 unspecified atom stereocenters. The zero-order valence-electron chi connectivity index (χ0n) is 27.8. The molecule has 3 heteroatoms. The van der Waals surface area contributed by atoms with Gasteiger partial charge in [-0.2, -0.15) is 0 Å². The summed E-state index contributed by atoms with van der Waals surface area (Å²) in [4.78, 5) is 2.38. The van der Waals surface area contributed by atoms with Crippen LogP contribution < -0.4 is 4.90 Å². The number of aromatic nitrogens is 1. The summed E-state index contributed by atoms with van der Waals surface area (Å²) in [5.41, 5.74) is 13.1. The maximum absolute atomic E-state index is 6.35. The Labute approximate surface area is 295 Å². The number of fused-ring (bicyclic) bond motifs is 6. The summed E-state index contributed by atoms with van der Waals surface area (Å²) in [5.74, 6) is 0. The van der Waals surface area contributed by atoms with Crippen LogP contribution in [0.2, 0.25) is 0 Å². The van der Waals surface area contributed by atoms with E-state index in [1.54, 1.807) is 0 Å². The highest BCUT2D eigenvalue weighted by atomic mass is 16.3. The summed E-state index contributed by atoms with van der Waals surface area (Å²) in [7, 11) is 0. The SMILES string of the molecule is c1ccc(-c2ccc(N(c3cccc(-n4c5ccccc5c5ccccc54)c3)c3ccccc3-c3ccc4c(c3)oc3ccccc34)cc2)cc1. The van der Waals surface area contributed by atoms with E-state index in [0.29, 0.717) is 0 Å². The Bertz CT molecular complexity index is 2810. The van der Waals surface area contributed by atoms with Crippen molar-refractivity contribution in [3.05, 3.63) is 194 Å². The van der Waals surface area contributed by atoms with E-state index in [1.807, 2.05) is 12.1 Å². The summed E-state index contributed by atoms with van der Waals surface area (Å²) in [6.07, 6.45) is 0. The highest BCUT2D eigenvalue weighted by Crippen LogP contribution is 2.43. The Kier molecular flexibility index (Phi) is 6.81. The molecule has 2 aromatic heterocycles. The predicted molar refractivity (Wildman–Crippen MR) is 214 cm³/mol. The lowest BCUT2D eigenvalue weighted by molar-refractivity contribution is 0.669. The van der Waals surface area contributed by atoms with Crippen LogP contribution in [0.4, 0.5) is 17.1 Å². The average Bonchev–Trinajstić information content (AvgIpc) is 3.74. The number of hydrogen-bond donors (Lipinski definition) is 0. The molecule has 0 aliphatic heterocycles. The average molecular weight is 653 g/mol. The molecule has 0 amide bonds. The monoisotopic (exact) mass is 652 g/mol. The fourth-order valence-electron chi connectivity index (χ4n) is 7.64. The van der Waals surface area contributed by atoms with Crippen LogP contribution in [0.3, 0.4) is 0 Å². The molecule has 3 nitrogen and oxygen atoms in total. The molecule has 51 heavy (non-hydrogen) atoms. The van der Waals surface area contributed by atoms with Gasteiger partial charge in [-0.05, 0) is 83.4 Å². The fraction of sp³-hybridized carbons (Fsp3) is 0. The summed E-state index contributed by atoms with van der Waals surface area (Å²) < 4.78 is 8.73. The molecule has 0 aliphatic carbocycles. The molecule has 0 aliphatic rings. The molecule has 0 saturated heterocycles. The molecule has 0 fully saturated rings. The van der Waals surface area contributed by atoms with Crippen molar-refractivity contribution >= 4 is 60.8 Å². The van der Waals surface area contributed by atoms with Gasteiger partial charge in [-0.25, -0.2) is 0 Å². The van der Waals surface area contributed by atoms with Gasteiger partial charge < -0.3 is 13.9 Å². The Morgan fingerprint density at radius 2 is 0.980 bits per heavy atom. The van der Waals surface area contributed by atoms with Crippen LogP contribution in [-0.4, -0.2) is 4.57 Å². The summed E-state index contributed by atoms with van der Waals surface area (Å²) in [6, 6.07) is 69.2. The molecule has 2 heterocycles. The van der Waals surface area contributed by atoms with Gasteiger partial charge in [0.25, 0.3) is 0 Å². The molecular weight excluding hydrogens is 621 g/mol. The summed E-state index contributed by atoms with van der Waals surface area (Å²) in [5, 5.41) is 4.75. The normalized spacial score (nSPS) is 11.5. The van der Waals surface area contributed by atoms with E-state index in [9.17, 15) is 0 Å². The fourth-order valence-corrected chi connectivity index (χ4v) is 7.64. The van der Waals surface area contributed by atoms with E-state index in [0.717, 1.165) is 55.8 Å². The molecule has 0 bridgehead atoms. The van der Waals surface area contributed by atoms with Crippen molar-refractivity contribution < 1.29 is 4.42 Å². The Hall–Kier alpha value is -6.84. The third-order valence-electron chi connectivity index (χ3n) is 9.99. The van der Waals surface area contributed by atoms with Gasteiger partial charge in [-0.1, -0.05) is 127 Å². The van der Waals surface area contributed by atoms with Gasteiger partial charge in [-0.15, -0.1) is 0 Å². The number of para-hydroxylation sites is 4. The van der Waals surface area contributed by atoms with E-state index >= 15 is 0 Å². The molecule has 0 spiro atoms. The molecule has 0 N–H and O–H groups in total. The second kappa shape index (κ2) is 11.9. The van der Waals surface area contributed by atoms with Crippen LogP contribution in [0.1, 0.15) is 0 Å². The molecular formula is C48H32N2O. The van der Waals surface area contributed by atoms with Gasteiger partial charge in [0.2, 0.25) is 0 Å². The van der Waals surface area contributed by atoms with Crippen LogP contribution in [0, 0.1) is 0 Å². The van der Waals surface area contributed by atoms with Crippen LogP contribution in [-0.2, 0) is 0 Å². The van der Waals surface area contributed by atoms with Crippen molar-refractivity contribution in [3.63, 3.8) is 0 Å². The second-order valence-corrected chi connectivity index (χ2v) is 13.0. The lowest BCUT2D eigenvalue weighted by Crippen LogP contribution is -2.11. The van der Waals surface area contributed by atoms with Crippen molar-refractivity contribution in [1.29, 1.82) is 0 Å². The van der Waals surface area contributed by atoms with E-state index in [-0.39, 0.29) is 0 Å². The zero-order valence-corrected chi connectivity index (χ0v) is 27.8. The number of furan rings is 1. The minimum absolute atomic E-state index is 0.885. The lowest BCUT2D eigenvalue weighted by Gasteiger charge is -2.28. The van der Waals surface area contributed by atoms with Crippen LogP contribution in [0.5, 0.6) is 0 Å². The number of nitrogens with zero attached hydrogens (tertiary/aromatic N) is 2. The van der Waals surface area contributed by atoms with E-state index < -0.39 is 0 Å². The van der Waals surface area contributed by atoms with Crippen LogP contribution in [0.15, 0.2) is 199 Å². The Morgan fingerprint density at radius 1 is 0.373 bits per heavy atom. The maximum atomic E-state index is 6.35. The van der Waals surface area contributed by atoms with Crippen molar-refractivity contribution in [1.82, 2.24) is 4.57 Å². The first-order valence-corrected chi connectivity index (χ1v) is 17.4. The van der Waals surface area contributed by atoms with E-state index in [1.165, 1.54) is 32.9 Å². The predicted octanol–water partition coefficient (Wildman–Crippen LogP) is 13.5. The Morgan fingerprint density at radius 3 is 1.76 bits per heavy atom. The van der Waals surface area contributed by atoms with Gasteiger partial charge in [-0.3, -0.25) is 0 Å². The van der Waals surface area contributed by atoms with E-state index in [2.05, 4.69) is 191 Å². The van der Waals surface area contributed by atoms with Crippen LogP contribution in [0.25, 0.3) is 71.7 Å². The molecule has 0 radical (unpaired) electrons. The Balaban J connectivity index is 1.17. The minimum atomic E-state index is 0.885. The molecule has 0 atom stereocenters. The first-order chi connectivity index (χ1) is 25.3. The minimum Gasteiger partial charge on any atom is -0.456 e. The van der Waals surface area contributed by atoms with Gasteiger partial charge in [0.1, 0.15) is 11.2 Å². The maximum Gasteiger partial charge on any atom is 0.136 e. The third-order valence-corrected chi connectivity index (χ3v) is 9.99. The third kappa shape index (κ3) is 4.90. The van der Waals surface area contributed by atoms with E-state index in [4.69, 9.17) is 4.42 Å². The number of anilines is 3. The molecule has 0 saturated carbocycles. The van der Waals surface area contributed by atoms with Gasteiger partial charge in [0.05, 0.1) is 16.7 Å². The van der Waals surface area contributed by atoms with Crippen molar-refractivity contribution in [3.8, 4) is 27.9 Å². The van der Waals surface area contributed by atoms with Crippen molar-refractivity contribution in [2.45, 2.75) is 0 Å². The number of rotatable bonds is 6. The topological polar surface area (TPSA) is 21.3 Å². The molecule has 10 rings (SSSR count). The standard InChI is InChI=1S/C48H32N2O/c1-2-13-33(14-3-1)34-25-28-36(29-26-34)49(37-15-12-16-38(32-37)50-45-22-9-5-18-40(45)41-19-6-10-23-46(41)50)44-21-8-4-17-39(44)35-27-30-43-42-20-7-11-24-47(42)51-48(43)31-35/h1-32H. The number of hydrogen-bond acceptors (Lipinski definition) is 2. The summed E-state index contributed by atoms with van der Waals surface area (Å²) in [6.45, 7) is 0. The highest BCUT2D eigenvalue weighted by molar-refractivity contribution is 6.09. The summed E-state index contributed by atoms with van der Waals surface area (Å²) >= 11 is 0. The number of benzene rings is 8. The molecule has 8 aromatic carbocycles. The first-order valence-electron chi connectivity index (χ1n) is 17.4.